The zero-order chi connectivity index (χ0) is 26.4. The standard InChI is InChI=1S/C23H19Cl2N3O7S/c1-2-3-8-35-22(31)15-11-14(5-7-16(15)24)26-20(29)12-27-21(30)19(36-23(27)32)10-13-4-6-17(25)18(9-13)28(33)34/h4-7,9-11H,2-3,8,12H2,1H3,(H,26,29)/b19-10-. The van der Waals surface area contributed by atoms with Gasteiger partial charge in [-0.3, -0.25) is 29.4 Å². The van der Waals surface area contributed by atoms with E-state index in [0.29, 0.717) is 23.7 Å². The van der Waals surface area contributed by atoms with E-state index in [4.69, 9.17) is 27.9 Å². The molecular weight excluding hydrogens is 533 g/mol. The van der Waals surface area contributed by atoms with Crippen molar-refractivity contribution in [1.82, 2.24) is 4.90 Å². The summed E-state index contributed by atoms with van der Waals surface area (Å²) in [6.45, 7) is 1.60. The van der Waals surface area contributed by atoms with Crippen molar-refractivity contribution in [2.75, 3.05) is 18.5 Å². The zero-order valence-corrected chi connectivity index (χ0v) is 21.1. The van der Waals surface area contributed by atoms with Crippen LogP contribution in [0, 0.1) is 10.1 Å². The van der Waals surface area contributed by atoms with Crippen LogP contribution in [0.5, 0.6) is 0 Å². The molecule has 0 aliphatic carbocycles. The number of amides is 3. The van der Waals surface area contributed by atoms with Gasteiger partial charge in [0, 0.05) is 11.8 Å². The number of thioether (sulfide) groups is 1. The first-order chi connectivity index (χ1) is 17.1. The minimum Gasteiger partial charge on any atom is -0.462 e. The molecule has 3 rings (SSSR count). The highest BCUT2D eigenvalue weighted by molar-refractivity contribution is 8.18. The minimum atomic E-state index is -0.728. The van der Waals surface area contributed by atoms with E-state index in [2.05, 4.69) is 5.32 Å². The van der Waals surface area contributed by atoms with Crippen LogP contribution in [0.4, 0.5) is 16.2 Å². The molecule has 0 aromatic heterocycles. The van der Waals surface area contributed by atoms with Crippen LogP contribution in [0.2, 0.25) is 10.0 Å². The van der Waals surface area contributed by atoms with Crippen molar-refractivity contribution in [2.24, 2.45) is 0 Å². The molecule has 188 valence electrons. The van der Waals surface area contributed by atoms with Gasteiger partial charge in [-0.1, -0.05) is 42.6 Å². The lowest BCUT2D eigenvalue weighted by Gasteiger charge is -2.13. The number of rotatable bonds is 9. The molecule has 1 aliphatic rings. The second-order valence-corrected chi connectivity index (χ2v) is 9.28. The van der Waals surface area contributed by atoms with Crippen molar-refractivity contribution in [3.63, 3.8) is 0 Å². The molecule has 1 saturated heterocycles. The second-order valence-electron chi connectivity index (χ2n) is 7.47. The average molecular weight is 552 g/mol. The van der Waals surface area contributed by atoms with Gasteiger partial charge in [-0.05, 0) is 54.1 Å². The SMILES string of the molecule is CCCCOC(=O)c1cc(NC(=O)CN2C(=O)S/C(=C\c3ccc(Cl)c([N+](=O)[O-])c3)C2=O)ccc1Cl. The number of hydrogen-bond acceptors (Lipinski definition) is 8. The van der Waals surface area contributed by atoms with Crippen LogP contribution < -0.4 is 5.32 Å². The van der Waals surface area contributed by atoms with Crippen LogP contribution in [-0.4, -0.2) is 46.0 Å². The second kappa shape index (κ2) is 12.0. The smallest absolute Gasteiger partial charge is 0.339 e. The van der Waals surface area contributed by atoms with Crippen molar-refractivity contribution in [2.45, 2.75) is 19.8 Å². The monoisotopic (exact) mass is 551 g/mol. The summed E-state index contributed by atoms with van der Waals surface area (Å²) in [5.41, 5.74) is 0.237. The topological polar surface area (TPSA) is 136 Å². The van der Waals surface area contributed by atoms with E-state index in [-0.39, 0.29) is 38.5 Å². The Bertz CT molecular complexity index is 1280. The van der Waals surface area contributed by atoms with Gasteiger partial charge in [0.25, 0.3) is 16.8 Å². The van der Waals surface area contributed by atoms with Crippen LogP contribution in [-0.2, 0) is 14.3 Å². The first kappa shape index (κ1) is 27.2. The Morgan fingerprint density at radius 2 is 1.89 bits per heavy atom. The lowest BCUT2D eigenvalue weighted by molar-refractivity contribution is -0.384. The number of hydrogen-bond donors (Lipinski definition) is 1. The molecule has 2 aromatic carbocycles. The Morgan fingerprint density at radius 1 is 1.17 bits per heavy atom. The predicted molar refractivity (Wildman–Crippen MR) is 136 cm³/mol. The van der Waals surface area contributed by atoms with E-state index in [9.17, 15) is 29.3 Å². The van der Waals surface area contributed by atoms with Crippen LogP contribution in [0.15, 0.2) is 41.3 Å². The van der Waals surface area contributed by atoms with Gasteiger partial charge < -0.3 is 10.1 Å². The molecule has 0 radical (unpaired) electrons. The van der Waals surface area contributed by atoms with Crippen molar-refractivity contribution < 1.29 is 28.8 Å². The molecule has 0 atom stereocenters. The number of halogens is 2. The fourth-order valence-corrected chi connectivity index (χ4v) is 4.26. The van der Waals surface area contributed by atoms with E-state index in [1.54, 1.807) is 0 Å². The van der Waals surface area contributed by atoms with E-state index in [1.807, 2.05) is 6.92 Å². The Morgan fingerprint density at radius 3 is 2.58 bits per heavy atom. The summed E-state index contributed by atoms with van der Waals surface area (Å²) in [5, 5.41) is 13.0. The number of carbonyl (C=O) groups is 4. The summed E-state index contributed by atoms with van der Waals surface area (Å²) in [4.78, 5) is 61.0. The largest absolute Gasteiger partial charge is 0.462 e. The number of imide groups is 1. The number of nitro benzene ring substituents is 1. The van der Waals surface area contributed by atoms with Gasteiger partial charge in [-0.25, -0.2) is 4.79 Å². The van der Waals surface area contributed by atoms with Gasteiger partial charge in [0.05, 0.1) is 27.0 Å². The number of ether oxygens (including phenoxy) is 1. The Hall–Kier alpha value is -3.41. The number of nitro groups is 1. The first-order valence-electron chi connectivity index (χ1n) is 10.6. The number of unbranched alkanes of at least 4 members (excludes halogenated alkanes) is 1. The van der Waals surface area contributed by atoms with Gasteiger partial charge in [0.1, 0.15) is 11.6 Å². The molecule has 1 N–H and O–H groups in total. The first-order valence-corrected chi connectivity index (χ1v) is 12.1. The van der Waals surface area contributed by atoms with E-state index >= 15 is 0 Å². The molecule has 1 fully saturated rings. The summed E-state index contributed by atoms with van der Waals surface area (Å²) >= 11 is 12.5. The van der Waals surface area contributed by atoms with Crippen LogP contribution in [0.3, 0.4) is 0 Å². The minimum absolute atomic E-state index is 0.00646. The highest BCUT2D eigenvalue weighted by Crippen LogP contribution is 2.34. The number of nitrogens with one attached hydrogen (secondary N) is 1. The Labute approximate surface area is 219 Å². The molecule has 0 unspecified atom stereocenters. The van der Waals surface area contributed by atoms with Crippen molar-refractivity contribution in [1.29, 1.82) is 0 Å². The van der Waals surface area contributed by atoms with Gasteiger partial charge >= 0.3 is 5.97 Å². The maximum atomic E-state index is 12.7. The summed E-state index contributed by atoms with van der Waals surface area (Å²) in [6, 6.07) is 8.17. The molecular formula is C23H19Cl2N3O7S. The van der Waals surface area contributed by atoms with Crippen LogP contribution >= 0.6 is 35.0 Å². The molecule has 3 amide bonds. The molecule has 1 heterocycles. The highest BCUT2D eigenvalue weighted by atomic mass is 35.5. The molecule has 1 aliphatic heterocycles. The molecule has 13 heteroatoms. The maximum Gasteiger partial charge on any atom is 0.339 e. The highest BCUT2D eigenvalue weighted by Gasteiger charge is 2.36. The molecule has 2 aromatic rings. The van der Waals surface area contributed by atoms with Crippen molar-refractivity contribution in [3.8, 4) is 0 Å². The summed E-state index contributed by atoms with van der Waals surface area (Å²) in [7, 11) is 0. The summed E-state index contributed by atoms with van der Waals surface area (Å²) < 4.78 is 5.15. The van der Waals surface area contributed by atoms with E-state index in [0.717, 1.165) is 11.3 Å². The van der Waals surface area contributed by atoms with Crippen LogP contribution in [0.25, 0.3) is 6.08 Å². The van der Waals surface area contributed by atoms with Crippen LogP contribution in [0.1, 0.15) is 35.7 Å². The van der Waals surface area contributed by atoms with Gasteiger partial charge in [-0.15, -0.1) is 0 Å². The Kier molecular flexibility index (Phi) is 9.08. The lowest BCUT2D eigenvalue weighted by Crippen LogP contribution is -2.36. The van der Waals surface area contributed by atoms with Gasteiger partial charge in [0.15, 0.2) is 0 Å². The van der Waals surface area contributed by atoms with Crippen molar-refractivity contribution >= 4 is 75.4 Å². The predicted octanol–water partition coefficient (Wildman–Crippen LogP) is 5.53. The summed E-state index contributed by atoms with van der Waals surface area (Å²) in [5.74, 6) is -2.05. The number of esters is 1. The number of anilines is 1. The number of nitrogens with zero attached hydrogens (tertiary/aromatic N) is 2. The average Bonchev–Trinajstić information content (AvgIpc) is 3.08. The molecule has 10 nitrogen and oxygen atoms in total. The third kappa shape index (κ3) is 6.62. The molecule has 0 saturated carbocycles. The summed E-state index contributed by atoms with van der Waals surface area (Å²) in [6.07, 6.45) is 2.85. The molecule has 0 spiro atoms. The zero-order valence-electron chi connectivity index (χ0n) is 18.8. The number of benzene rings is 2. The Balaban J connectivity index is 1.69. The molecule has 0 bridgehead atoms. The third-order valence-electron chi connectivity index (χ3n) is 4.84. The normalized spacial score (nSPS) is 14.3. The quantitative estimate of drug-likeness (QED) is 0.141. The van der Waals surface area contributed by atoms with Crippen molar-refractivity contribution in [3.05, 3.63) is 72.6 Å². The molecule has 36 heavy (non-hydrogen) atoms. The van der Waals surface area contributed by atoms with E-state index < -0.39 is 34.5 Å². The fourth-order valence-electron chi connectivity index (χ4n) is 3.04. The maximum absolute atomic E-state index is 12.7. The van der Waals surface area contributed by atoms with Gasteiger partial charge in [-0.2, -0.15) is 0 Å². The lowest BCUT2D eigenvalue weighted by atomic mass is 10.2. The van der Waals surface area contributed by atoms with E-state index in [1.165, 1.54) is 42.5 Å². The fraction of sp³-hybridized carbons (Fsp3) is 0.217. The third-order valence-corrected chi connectivity index (χ3v) is 6.40. The van der Waals surface area contributed by atoms with Gasteiger partial charge in [0.2, 0.25) is 5.91 Å². The number of carbonyl (C=O) groups excluding carboxylic acids is 4.